The van der Waals surface area contributed by atoms with Gasteiger partial charge in [0.15, 0.2) is 0 Å². The van der Waals surface area contributed by atoms with Crippen LogP contribution in [-0.2, 0) is 0 Å². The van der Waals surface area contributed by atoms with Crippen LogP contribution in [0.2, 0.25) is 5.02 Å². The Bertz CT molecular complexity index is 318. The van der Waals surface area contributed by atoms with Gasteiger partial charge in [0.05, 0.1) is 0 Å². The first-order valence-corrected chi connectivity index (χ1v) is 5.24. The molecule has 1 aromatic carbocycles. The van der Waals surface area contributed by atoms with Gasteiger partial charge in [-0.05, 0) is 25.1 Å². The van der Waals surface area contributed by atoms with Crippen LogP contribution in [0.3, 0.4) is 0 Å². The highest BCUT2D eigenvalue weighted by atomic mass is 35.5. The first kappa shape index (κ1) is 11.3. The molecular weight excluding hydrogens is 194 g/mol. The largest absolute Gasteiger partial charge is 0.313 e. The van der Waals surface area contributed by atoms with E-state index in [2.05, 4.69) is 25.2 Å². The Morgan fingerprint density at radius 1 is 1.43 bits per heavy atom. The van der Waals surface area contributed by atoms with Gasteiger partial charge in [-0.15, -0.1) is 0 Å². The van der Waals surface area contributed by atoms with Crippen molar-refractivity contribution in [2.45, 2.75) is 13.8 Å². The molecule has 76 valence electrons. The third-order valence-electron chi connectivity index (χ3n) is 1.96. The summed E-state index contributed by atoms with van der Waals surface area (Å²) in [7, 11) is 0. The number of nitrogens with one attached hydrogen (secondary N) is 1. The smallest absolute Gasteiger partial charge is 0.0478 e. The van der Waals surface area contributed by atoms with Gasteiger partial charge in [0, 0.05) is 11.6 Å². The van der Waals surface area contributed by atoms with Gasteiger partial charge in [-0.25, -0.2) is 0 Å². The third-order valence-corrected chi connectivity index (χ3v) is 2.31. The minimum Gasteiger partial charge on any atom is -0.313 e. The van der Waals surface area contributed by atoms with Crippen LogP contribution in [0.25, 0.3) is 6.08 Å². The van der Waals surface area contributed by atoms with E-state index in [-0.39, 0.29) is 0 Å². The first-order chi connectivity index (χ1) is 6.74. The molecule has 0 saturated heterocycles. The molecule has 0 heterocycles. The Kier molecular flexibility index (Phi) is 4.71. The summed E-state index contributed by atoms with van der Waals surface area (Å²) in [5.74, 6) is 0. The number of hydrogen-bond acceptors (Lipinski definition) is 1. The molecule has 0 saturated carbocycles. The average molecular weight is 210 g/mol. The predicted molar refractivity (Wildman–Crippen MR) is 63.6 cm³/mol. The van der Waals surface area contributed by atoms with Gasteiger partial charge in [0.2, 0.25) is 0 Å². The maximum absolute atomic E-state index is 6.04. The highest BCUT2D eigenvalue weighted by molar-refractivity contribution is 6.32. The number of rotatable bonds is 4. The molecule has 0 atom stereocenters. The van der Waals surface area contributed by atoms with Crippen LogP contribution in [0.15, 0.2) is 29.8 Å². The van der Waals surface area contributed by atoms with Crippen molar-refractivity contribution < 1.29 is 0 Å². The molecule has 2 heteroatoms. The molecule has 1 rings (SSSR count). The van der Waals surface area contributed by atoms with Crippen LogP contribution < -0.4 is 5.32 Å². The van der Waals surface area contributed by atoms with Crippen molar-refractivity contribution in [1.82, 2.24) is 5.32 Å². The minimum atomic E-state index is 0.809. The molecule has 1 nitrogen and oxygen atoms in total. The van der Waals surface area contributed by atoms with E-state index in [1.54, 1.807) is 0 Å². The lowest BCUT2D eigenvalue weighted by atomic mass is 10.1. The van der Waals surface area contributed by atoms with Crippen LogP contribution in [0.4, 0.5) is 0 Å². The van der Waals surface area contributed by atoms with Crippen molar-refractivity contribution >= 4 is 17.7 Å². The van der Waals surface area contributed by atoms with Gasteiger partial charge in [-0.3, -0.25) is 0 Å². The zero-order valence-corrected chi connectivity index (χ0v) is 9.43. The molecule has 0 unspecified atom stereocenters. The van der Waals surface area contributed by atoms with E-state index in [1.165, 1.54) is 5.57 Å². The monoisotopic (exact) mass is 209 g/mol. The molecule has 1 aromatic rings. The van der Waals surface area contributed by atoms with E-state index in [4.69, 9.17) is 11.6 Å². The molecule has 0 fully saturated rings. The van der Waals surface area contributed by atoms with Gasteiger partial charge < -0.3 is 5.32 Å². The predicted octanol–water partition coefficient (Wildman–Crippen LogP) is 3.35. The van der Waals surface area contributed by atoms with Gasteiger partial charge >= 0.3 is 0 Å². The minimum absolute atomic E-state index is 0.809. The van der Waals surface area contributed by atoms with Crippen molar-refractivity contribution in [2.24, 2.45) is 0 Å². The van der Waals surface area contributed by atoms with E-state index >= 15 is 0 Å². The van der Waals surface area contributed by atoms with Crippen LogP contribution >= 0.6 is 11.6 Å². The second-order valence-corrected chi connectivity index (χ2v) is 3.70. The molecular formula is C12H16ClN. The summed E-state index contributed by atoms with van der Waals surface area (Å²) in [5, 5.41) is 4.09. The zero-order chi connectivity index (χ0) is 10.4. The van der Waals surface area contributed by atoms with Gasteiger partial charge in [-0.1, -0.05) is 48.4 Å². The quantitative estimate of drug-likeness (QED) is 0.802. The number of likely N-dealkylation sites (N-methyl/N-ethyl adjacent to an activating group) is 1. The fourth-order valence-electron chi connectivity index (χ4n) is 1.23. The molecule has 0 aliphatic rings. The summed E-state index contributed by atoms with van der Waals surface area (Å²) >= 11 is 6.04. The van der Waals surface area contributed by atoms with Crippen LogP contribution in [0.5, 0.6) is 0 Å². The Labute approximate surface area is 90.8 Å². The zero-order valence-electron chi connectivity index (χ0n) is 8.68. The van der Waals surface area contributed by atoms with E-state index in [0.717, 1.165) is 23.7 Å². The van der Waals surface area contributed by atoms with Gasteiger partial charge in [0.25, 0.3) is 0 Å². The fraction of sp³-hybridized carbons (Fsp3) is 0.333. The first-order valence-electron chi connectivity index (χ1n) is 4.86. The molecule has 0 amide bonds. The van der Waals surface area contributed by atoms with Gasteiger partial charge in [-0.2, -0.15) is 0 Å². The molecule has 1 N–H and O–H groups in total. The number of benzene rings is 1. The normalized spacial score (nSPS) is 11.8. The summed E-state index contributed by atoms with van der Waals surface area (Å²) in [6.07, 6.45) is 2.12. The fourth-order valence-corrected chi connectivity index (χ4v) is 1.42. The maximum Gasteiger partial charge on any atom is 0.0478 e. The molecule has 14 heavy (non-hydrogen) atoms. The lowest BCUT2D eigenvalue weighted by molar-refractivity contribution is 0.778. The highest BCUT2D eigenvalue weighted by Crippen LogP contribution is 2.17. The lowest BCUT2D eigenvalue weighted by Gasteiger charge is -2.03. The number of hydrogen-bond donors (Lipinski definition) is 1. The van der Waals surface area contributed by atoms with Crippen molar-refractivity contribution in [1.29, 1.82) is 0 Å². The van der Waals surface area contributed by atoms with Crippen LogP contribution in [-0.4, -0.2) is 13.1 Å². The molecule has 0 aliphatic carbocycles. The topological polar surface area (TPSA) is 12.0 Å². The number of halogens is 1. The summed E-state index contributed by atoms with van der Waals surface area (Å²) in [4.78, 5) is 0. The average Bonchev–Trinajstić information content (AvgIpc) is 2.18. The molecule has 0 spiro atoms. The Hall–Kier alpha value is -0.790. The molecule has 0 radical (unpaired) electrons. The summed E-state index contributed by atoms with van der Waals surface area (Å²) in [6.45, 7) is 6.12. The molecule has 0 aromatic heterocycles. The SMILES string of the molecule is CCNCC(C)=Cc1ccccc1Cl. The van der Waals surface area contributed by atoms with Crippen molar-refractivity contribution in [3.05, 3.63) is 40.4 Å². The van der Waals surface area contributed by atoms with Crippen molar-refractivity contribution in [2.75, 3.05) is 13.1 Å². The highest BCUT2D eigenvalue weighted by Gasteiger charge is 1.95. The van der Waals surface area contributed by atoms with Crippen molar-refractivity contribution in [3.63, 3.8) is 0 Å². The Balaban J connectivity index is 2.71. The maximum atomic E-state index is 6.04. The van der Waals surface area contributed by atoms with E-state index < -0.39 is 0 Å². The molecule has 0 aliphatic heterocycles. The van der Waals surface area contributed by atoms with Crippen LogP contribution in [0.1, 0.15) is 19.4 Å². The summed E-state index contributed by atoms with van der Waals surface area (Å²) in [6, 6.07) is 7.88. The van der Waals surface area contributed by atoms with E-state index in [0.29, 0.717) is 0 Å². The second kappa shape index (κ2) is 5.84. The van der Waals surface area contributed by atoms with E-state index in [9.17, 15) is 0 Å². The standard InChI is InChI=1S/C12H16ClN/c1-3-14-9-10(2)8-11-6-4-5-7-12(11)13/h4-8,14H,3,9H2,1-2H3. The van der Waals surface area contributed by atoms with Gasteiger partial charge in [0.1, 0.15) is 0 Å². The van der Waals surface area contributed by atoms with Crippen molar-refractivity contribution in [3.8, 4) is 0 Å². The second-order valence-electron chi connectivity index (χ2n) is 3.29. The third kappa shape index (κ3) is 3.52. The Morgan fingerprint density at radius 3 is 2.79 bits per heavy atom. The lowest BCUT2D eigenvalue weighted by Crippen LogP contribution is -2.14. The summed E-state index contributed by atoms with van der Waals surface area (Å²) < 4.78 is 0. The van der Waals surface area contributed by atoms with Crippen LogP contribution in [0, 0.1) is 0 Å². The Morgan fingerprint density at radius 2 is 2.14 bits per heavy atom. The molecule has 0 bridgehead atoms. The van der Waals surface area contributed by atoms with E-state index in [1.807, 2.05) is 24.3 Å². The summed E-state index contributed by atoms with van der Waals surface area (Å²) in [5.41, 5.74) is 2.38.